The number of nitrogens with two attached hydrogens (primary N) is 1. The fourth-order valence-corrected chi connectivity index (χ4v) is 3.14. The van der Waals surface area contributed by atoms with Gasteiger partial charge in [0.25, 0.3) is 0 Å². The minimum Gasteiger partial charge on any atom is -0.330 e. The Hall–Kier alpha value is -1.61. The summed E-state index contributed by atoms with van der Waals surface area (Å²) in [5.74, 6) is 0. The van der Waals surface area contributed by atoms with Gasteiger partial charge in [-0.25, -0.2) is 0 Å². The molecule has 3 rings (SSSR count). The Balaban J connectivity index is 1.81. The van der Waals surface area contributed by atoms with Gasteiger partial charge < -0.3 is 5.73 Å². The zero-order valence-corrected chi connectivity index (χ0v) is 11.6. The zero-order chi connectivity index (χ0) is 13.5. The van der Waals surface area contributed by atoms with E-state index < -0.39 is 0 Å². The fraction of sp³-hybridized carbons (Fsp3) is 0.438. The third-order valence-corrected chi connectivity index (χ3v) is 4.64. The summed E-state index contributed by atoms with van der Waals surface area (Å²) in [5.41, 5.74) is 9.01. The van der Waals surface area contributed by atoms with Crippen molar-refractivity contribution < 1.29 is 0 Å². The molecule has 0 saturated heterocycles. The van der Waals surface area contributed by atoms with Crippen molar-refractivity contribution in [2.24, 2.45) is 11.1 Å². The molecular weight excluding hydrogens is 234 g/mol. The Bertz CT molecular complexity index is 571. The van der Waals surface area contributed by atoms with Crippen molar-refractivity contribution in [3.05, 3.63) is 53.9 Å². The molecule has 3 heteroatoms. The van der Waals surface area contributed by atoms with Gasteiger partial charge in [0.05, 0.1) is 12.7 Å². The largest absolute Gasteiger partial charge is 0.330 e. The van der Waals surface area contributed by atoms with Gasteiger partial charge in [0.1, 0.15) is 0 Å². The molecule has 1 aliphatic carbocycles. The third-order valence-electron chi connectivity index (χ3n) is 4.64. The van der Waals surface area contributed by atoms with E-state index >= 15 is 0 Å². The van der Waals surface area contributed by atoms with Crippen LogP contribution >= 0.6 is 0 Å². The smallest absolute Gasteiger partial charge is 0.0659 e. The molecule has 1 fully saturated rings. The summed E-state index contributed by atoms with van der Waals surface area (Å²) >= 11 is 0. The molecule has 19 heavy (non-hydrogen) atoms. The molecule has 0 bridgehead atoms. The summed E-state index contributed by atoms with van der Waals surface area (Å²) in [6.45, 7) is 6.10. The number of benzene rings is 1. The van der Waals surface area contributed by atoms with Crippen LogP contribution in [-0.2, 0) is 12.0 Å². The lowest BCUT2D eigenvalue weighted by Gasteiger charge is -2.16. The van der Waals surface area contributed by atoms with E-state index in [2.05, 4.69) is 49.4 Å². The Morgan fingerprint density at radius 3 is 2.53 bits per heavy atom. The van der Waals surface area contributed by atoms with E-state index in [9.17, 15) is 0 Å². The van der Waals surface area contributed by atoms with Gasteiger partial charge in [0, 0.05) is 18.2 Å². The molecule has 2 N–H and O–H groups in total. The molecular formula is C16H21N3. The van der Waals surface area contributed by atoms with E-state index in [0.717, 1.165) is 13.0 Å². The minimum absolute atomic E-state index is 0.141. The van der Waals surface area contributed by atoms with Gasteiger partial charge in [-0.05, 0) is 23.0 Å². The molecule has 1 aliphatic rings. The monoisotopic (exact) mass is 255 g/mol. The summed E-state index contributed by atoms with van der Waals surface area (Å²) in [6.07, 6.45) is 5.31. The summed E-state index contributed by atoms with van der Waals surface area (Å²) in [4.78, 5) is 0. The van der Waals surface area contributed by atoms with Crippen LogP contribution < -0.4 is 5.73 Å². The lowest BCUT2D eigenvalue weighted by Crippen LogP contribution is -2.24. The molecule has 1 atom stereocenters. The van der Waals surface area contributed by atoms with Crippen LogP contribution in [-0.4, -0.2) is 16.3 Å². The minimum atomic E-state index is 0.141. The van der Waals surface area contributed by atoms with Crippen molar-refractivity contribution in [1.82, 2.24) is 9.78 Å². The topological polar surface area (TPSA) is 43.8 Å². The molecule has 0 radical (unpaired) electrons. The summed E-state index contributed by atoms with van der Waals surface area (Å²) in [6, 6.07) is 10.4. The average Bonchev–Trinajstić information content (AvgIpc) is 2.73. The fourth-order valence-electron chi connectivity index (χ4n) is 3.14. The molecule has 1 saturated carbocycles. The summed E-state index contributed by atoms with van der Waals surface area (Å²) in [5, 5.41) is 4.49. The first-order chi connectivity index (χ1) is 9.07. The van der Waals surface area contributed by atoms with Crippen LogP contribution in [0.4, 0.5) is 0 Å². The van der Waals surface area contributed by atoms with E-state index in [1.807, 2.05) is 16.9 Å². The molecule has 0 aliphatic heterocycles. The lowest BCUT2D eigenvalue weighted by atomic mass is 9.90. The van der Waals surface area contributed by atoms with E-state index in [1.54, 1.807) is 0 Å². The highest BCUT2D eigenvalue weighted by Gasteiger charge is 2.61. The van der Waals surface area contributed by atoms with Crippen molar-refractivity contribution in [3.63, 3.8) is 0 Å². The van der Waals surface area contributed by atoms with Crippen molar-refractivity contribution in [1.29, 1.82) is 0 Å². The number of rotatable bonds is 4. The standard InChI is InChI=1S/C16H21N3/c1-15(2)11-16(15,12-17)14-8-18-19(10-14)9-13-6-4-3-5-7-13/h3-8,10H,9,11-12,17H2,1-2H3. The molecule has 1 heterocycles. The first kappa shape index (κ1) is 12.4. The molecule has 1 unspecified atom stereocenters. The summed E-state index contributed by atoms with van der Waals surface area (Å²) < 4.78 is 2.01. The maximum atomic E-state index is 6.00. The maximum Gasteiger partial charge on any atom is 0.0659 e. The number of hydrogen-bond donors (Lipinski definition) is 1. The van der Waals surface area contributed by atoms with Crippen molar-refractivity contribution in [2.75, 3.05) is 6.54 Å². The van der Waals surface area contributed by atoms with E-state index in [0.29, 0.717) is 12.0 Å². The normalized spacial score (nSPS) is 24.4. The maximum absolute atomic E-state index is 6.00. The summed E-state index contributed by atoms with van der Waals surface area (Å²) in [7, 11) is 0. The molecule has 1 aromatic carbocycles. The van der Waals surface area contributed by atoms with Gasteiger partial charge in [-0.1, -0.05) is 44.2 Å². The quantitative estimate of drug-likeness (QED) is 0.912. The highest BCUT2D eigenvalue weighted by atomic mass is 15.3. The van der Waals surface area contributed by atoms with E-state index in [-0.39, 0.29) is 5.41 Å². The van der Waals surface area contributed by atoms with Gasteiger partial charge in [-0.3, -0.25) is 4.68 Å². The van der Waals surface area contributed by atoms with Crippen molar-refractivity contribution in [2.45, 2.75) is 32.2 Å². The van der Waals surface area contributed by atoms with Gasteiger partial charge >= 0.3 is 0 Å². The van der Waals surface area contributed by atoms with Crippen LogP contribution in [0.5, 0.6) is 0 Å². The molecule has 0 amide bonds. The SMILES string of the molecule is CC1(C)CC1(CN)c1cnn(Cc2ccccc2)c1. The van der Waals surface area contributed by atoms with Crippen LogP contribution in [0.1, 0.15) is 31.4 Å². The lowest BCUT2D eigenvalue weighted by molar-refractivity contribution is 0.502. The molecule has 1 aromatic heterocycles. The Labute approximate surface area is 114 Å². The van der Waals surface area contributed by atoms with Gasteiger partial charge in [-0.2, -0.15) is 5.10 Å². The van der Waals surface area contributed by atoms with Gasteiger partial charge in [0.15, 0.2) is 0 Å². The van der Waals surface area contributed by atoms with Crippen LogP contribution in [0, 0.1) is 5.41 Å². The second kappa shape index (κ2) is 4.20. The van der Waals surface area contributed by atoms with Gasteiger partial charge in [0.2, 0.25) is 0 Å². The Morgan fingerprint density at radius 1 is 1.26 bits per heavy atom. The second-order valence-corrected chi connectivity index (χ2v) is 6.26. The predicted octanol–water partition coefficient (Wildman–Crippen LogP) is 2.56. The van der Waals surface area contributed by atoms with Crippen LogP contribution in [0.2, 0.25) is 0 Å². The zero-order valence-electron chi connectivity index (χ0n) is 11.6. The van der Waals surface area contributed by atoms with Crippen molar-refractivity contribution >= 4 is 0 Å². The second-order valence-electron chi connectivity index (χ2n) is 6.26. The van der Waals surface area contributed by atoms with Crippen LogP contribution in [0.15, 0.2) is 42.7 Å². The highest BCUT2D eigenvalue weighted by molar-refractivity contribution is 5.35. The molecule has 0 spiro atoms. The van der Waals surface area contributed by atoms with Crippen molar-refractivity contribution in [3.8, 4) is 0 Å². The first-order valence-corrected chi connectivity index (χ1v) is 6.84. The third kappa shape index (κ3) is 1.98. The Morgan fingerprint density at radius 2 is 1.95 bits per heavy atom. The molecule has 3 nitrogen and oxygen atoms in total. The van der Waals surface area contributed by atoms with Gasteiger partial charge in [-0.15, -0.1) is 0 Å². The van der Waals surface area contributed by atoms with Crippen LogP contribution in [0.25, 0.3) is 0 Å². The number of hydrogen-bond acceptors (Lipinski definition) is 2. The molecule has 100 valence electrons. The number of aromatic nitrogens is 2. The highest BCUT2D eigenvalue weighted by Crippen LogP contribution is 2.63. The van der Waals surface area contributed by atoms with Crippen LogP contribution in [0.3, 0.4) is 0 Å². The Kier molecular flexibility index (Phi) is 2.75. The first-order valence-electron chi connectivity index (χ1n) is 6.84. The van der Waals surface area contributed by atoms with E-state index in [1.165, 1.54) is 11.1 Å². The number of nitrogens with zero attached hydrogens (tertiary/aromatic N) is 2. The van der Waals surface area contributed by atoms with E-state index in [4.69, 9.17) is 5.73 Å². The predicted molar refractivity (Wildman–Crippen MR) is 76.9 cm³/mol. The molecule has 2 aromatic rings. The average molecular weight is 255 g/mol.